The highest BCUT2D eigenvalue weighted by molar-refractivity contribution is 5.87. The summed E-state index contributed by atoms with van der Waals surface area (Å²) in [5.41, 5.74) is 2.05. The Kier molecular flexibility index (Phi) is 8.72. The van der Waals surface area contributed by atoms with Crippen molar-refractivity contribution in [2.75, 3.05) is 13.7 Å². The van der Waals surface area contributed by atoms with Gasteiger partial charge >= 0.3 is 5.97 Å². The normalized spacial score (nSPS) is 11.3. The zero-order valence-corrected chi connectivity index (χ0v) is 16.0. The van der Waals surface area contributed by atoms with Gasteiger partial charge in [0.15, 0.2) is 0 Å². The first-order chi connectivity index (χ1) is 13.6. The Morgan fingerprint density at radius 2 is 1.43 bits per heavy atom. The van der Waals surface area contributed by atoms with Gasteiger partial charge in [0.05, 0.1) is 7.11 Å². The summed E-state index contributed by atoms with van der Waals surface area (Å²) in [5.74, 6) is -1.06. The van der Waals surface area contributed by atoms with Crippen LogP contribution in [0.5, 0.6) is 0 Å². The van der Waals surface area contributed by atoms with Crippen LogP contribution in [0.25, 0.3) is 0 Å². The number of rotatable bonds is 10. The average Bonchev–Trinajstić information content (AvgIpc) is 2.72. The number of carbonyl (C=O) groups is 3. The molecule has 2 rings (SSSR count). The molecule has 0 aromatic heterocycles. The van der Waals surface area contributed by atoms with E-state index >= 15 is 0 Å². The second-order valence-electron chi connectivity index (χ2n) is 6.42. The van der Waals surface area contributed by atoms with Gasteiger partial charge in [0.1, 0.15) is 6.04 Å². The molecule has 2 N–H and O–H groups in total. The van der Waals surface area contributed by atoms with E-state index in [9.17, 15) is 14.4 Å². The molecule has 1 atom stereocenters. The number of hydrogen-bond donors (Lipinski definition) is 2. The molecule has 2 aromatic carbocycles. The Labute approximate surface area is 165 Å². The molecule has 0 bridgehead atoms. The van der Waals surface area contributed by atoms with E-state index in [1.165, 1.54) is 7.11 Å². The molecule has 6 nitrogen and oxygen atoms in total. The van der Waals surface area contributed by atoms with Gasteiger partial charge in [-0.1, -0.05) is 60.7 Å². The lowest BCUT2D eigenvalue weighted by molar-refractivity contribution is -0.145. The van der Waals surface area contributed by atoms with Gasteiger partial charge < -0.3 is 15.4 Å². The predicted octanol–water partition coefficient (Wildman–Crippen LogP) is 2.03. The molecular formula is C22H26N2O4. The van der Waals surface area contributed by atoms with E-state index in [-0.39, 0.29) is 24.7 Å². The van der Waals surface area contributed by atoms with Crippen LogP contribution in [-0.2, 0) is 32.0 Å². The fraction of sp³-hybridized carbons (Fsp3) is 0.318. The second-order valence-corrected chi connectivity index (χ2v) is 6.42. The maximum Gasteiger partial charge on any atom is 0.328 e. The molecule has 0 radical (unpaired) electrons. The number of ether oxygens (including phenoxy) is 1. The van der Waals surface area contributed by atoms with E-state index < -0.39 is 12.0 Å². The molecule has 0 aliphatic heterocycles. The Morgan fingerprint density at radius 3 is 2.04 bits per heavy atom. The SMILES string of the molecule is COC(=O)C(Cc1ccccc1)NC(=O)CCC(=O)NCCc1ccccc1. The first-order valence-electron chi connectivity index (χ1n) is 9.30. The van der Waals surface area contributed by atoms with Crippen LogP contribution in [0.2, 0.25) is 0 Å². The fourth-order valence-electron chi connectivity index (χ4n) is 2.76. The molecule has 0 saturated heterocycles. The summed E-state index contributed by atoms with van der Waals surface area (Å²) in [6.45, 7) is 0.517. The van der Waals surface area contributed by atoms with Crippen molar-refractivity contribution in [1.29, 1.82) is 0 Å². The third-order valence-corrected chi connectivity index (χ3v) is 4.26. The minimum atomic E-state index is -0.777. The highest BCUT2D eigenvalue weighted by Crippen LogP contribution is 2.05. The topological polar surface area (TPSA) is 84.5 Å². The highest BCUT2D eigenvalue weighted by Gasteiger charge is 2.22. The van der Waals surface area contributed by atoms with E-state index in [1.807, 2.05) is 60.7 Å². The monoisotopic (exact) mass is 382 g/mol. The van der Waals surface area contributed by atoms with Crippen LogP contribution in [0, 0.1) is 0 Å². The van der Waals surface area contributed by atoms with Crippen LogP contribution in [0.4, 0.5) is 0 Å². The molecule has 148 valence electrons. The van der Waals surface area contributed by atoms with Crippen molar-refractivity contribution in [3.05, 3.63) is 71.8 Å². The molecule has 6 heteroatoms. The van der Waals surface area contributed by atoms with Crippen molar-refractivity contribution < 1.29 is 19.1 Å². The second kappa shape index (κ2) is 11.5. The lowest BCUT2D eigenvalue weighted by Gasteiger charge is -2.16. The quantitative estimate of drug-likeness (QED) is 0.616. The van der Waals surface area contributed by atoms with E-state index in [4.69, 9.17) is 4.74 Å². The molecule has 0 heterocycles. The lowest BCUT2D eigenvalue weighted by atomic mass is 10.1. The molecule has 2 amide bonds. The minimum absolute atomic E-state index is 0.0133. The van der Waals surface area contributed by atoms with E-state index in [1.54, 1.807) is 0 Å². The Morgan fingerprint density at radius 1 is 0.857 bits per heavy atom. The van der Waals surface area contributed by atoms with Crippen LogP contribution >= 0.6 is 0 Å². The summed E-state index contributed by atoms with van der Waals surface area (Å²) in [6.07, 6.45) is 1.15. The largest absolute Gasteiger partial charge is 0.467 e. The first-order valence-corrected chi connectivity index (χ1v) is 9.30. The smallest absolute Gasteiger partial charge is 0.328 e. The molecule has 1 unspecified atom stereocenters. The Hall–Kier alpha value is -3.15. The Balaban J connectivity index is 1.73. The molecular weight excluding hydrogens is 356 g/mol. The number of methoxy groups -OCH3 is 1. The van der Waals surface area contributed by atoms with Gasteiger partial charge in [-0.05, 0) is 17.5 Å². The van der Waals surface area contributed by atoms with Crippen molar-refractivity contribution >= 4 is 17.8 Å². The molecule has 2 aromatic rings. The summed E-state index contributed by atoms with van der Waals surface area (Å²) in [6, 6.07) is 18.4. The molecule has 0 spiro atoms. The predicted molar refractivity (Wildman–Crippen MR) is 106 cm³/mol. The van der Waals surface area contributed by atoms with Crippen LogP contribution in [0.3, 0.4) is 0 Å². The van der Waals surface area contributed by atoms with Gasteiger partial charge in [0.25, 0.3) is 0 Å². The molecule has 0 aliphatic carbocycles. The van der Waals surface area contributed by atoms with Crippen molar-refractivity contribution in [2.24, 2.45) is 0 Å². The number of carbonyl (C=O) groups excluding carboxylic acids is 3. The van der Waals surface area contributed by atoms with Crippen LogP contribution in [0.1, 0.15) is 24.0 Å². The number of amides is 2. The Bertz CT molecular complexity index is 763. The zero-order chi connectivity index (χ0) is 20.2. The fourth-order valence-corrected chi connectivity index (χ4v) is 2.76. The van der Waals surface area contributed by atoms with E-state index in [0.717, 1.165) is 17.5 Å². The minimum Gasteiger partial charge on any atom is -0.467 e. The maximum absolute atomic E-state index is 12.2. The molecule has 28 heavy (non-hydrogen) atoms. The van der Waals surface area contributed by atoms with Gasteiger partial charge in [-0.2, -0.15) is 0 Å². The van der Waals surface area contributed by atoms with Crippen molar-refractivity contribution in [2.45, 2.75) is 31.7 Å². The third kappa shape index (κ3) is 7.61. The number of nitrogens with one attached hydrogen (secondary N) is 2. The summed E-state index contributed by atoms with van der Waals surface area (Å²) in [7, 11) is 1.28. The van der Waals surface area contributed by atoms with Crippen molar-refractivity contribution in [3.8, 4) is 0 Å². The maximum atomic E-state index is 12.2. The van der Waals surface area contributed by atoms with Crippen LogP contribution in [-0.4, -0.2) is 37.5 Å². The zero-order valence-electron chi connectivity index (χ0n) is 16.0. The molecule has 0 saturated carbocycles. The van der Waals surface area contributed by atoms with E-state index in [2.05, 4.69) is 10.6 Å². The highest BCUT2D eigenvalue weighted by atomic mass is 16.5. The average molecular weight is 382 g/mol. The number of hydrogen-bond acceptors (Lipinski definition) is 4. The standard InChI is InChI=1S/C22H26N2O4/c1-28-22(27)19(16-18-10-6-3-7-11-18)24-21(26)13-12-20(25)23-15-14-17-8-4-2-5-9-17/h2-11,19H,12-16H2,1H3,(H,23,25)(H,24,26). The van der Waals surface area contributed by atoms with Crippen molar-refractivity contribution in [1.82, 2.24) is 10.6 Å². The first kappa shape index (κ1) is 21.2. The lowest BCUT2D eigenvalue weighted by Crippen LogP contribution is -2.43. The van der Waals surface area contributed by atoms with Crippen molar-refractivity contribution in [3.63, 3.8) is 0 Å². The van der Waals surface area contributed by atoms with E-state index in [0.29, 0.717) is 13.0 Å². The molecule has 0 fully saturated rings. The van der Waals surface area contributed by atoms with Gasteiger partial charge in [-0.3, -0.25) is 9.59 Å². The summed E-state index contributed by atoms with van der Waals surface area (Å²) in [5, 5.41) is 5.46. The number of benzene rings is 2. The van der Waals surface area contributed by atoms with Gasteiger partial charge in [0, 0.05) is 25.8 Å². The summed E-state index contributed by atoms with van der Waals surface area (Å²) < 4.78 is 4.77. The van der Waals surface area contributed by atoms with Gasteiger partial charge in [0.2, 0.25) is 11.8 Å². The van der Waals surface area contributed by atoms with Crippen LogP contribution in [0.15, 0.2) is 60.7 Å². The number of esters is 1. The summed E-state index contributed by atoms with van der Waals surface area (Å²) >= 11 is 0. The van der Waals surface area contributed by atoms with Gasteiger partial charge in [-0.25, -0.2) is 4.79 Å². The summed E-state index contributed by atoms with van der Waals surface area (Å²) in [4.78, 5) is 36.0. The van der Waals surface area contributed by atoms with Gasteiger partial charge in [-0.15, -0.1) is 0 Å². The molecule has 0 aliphatic rings. The van der Waals surface area contributed by atoms with Crippen LogP contribution < -0.4 is 10.6 Å². The third-order valence-electron chi connectivity index (χ3n) is 4.26.